The number of ether oxygens (including phenoxy) is 1. The fourth-order valence-electron chi connectivity index (χ4n) is 3.00. The van der Waals surface area contributed by atoms with Gasteiger partial charge in [0, 0.05) is 36.5 Å². The summed E-state index contributed by atoms with van der Waals surface area (Å²) in [6.45, 7) is 0. The van der Waals surface area contributed by atoms with Crippen LogP contribution in [0.4, 0.5) is 5.82 Å². The first-order chi connectivity index (χ1) is 14.5. The van der Waals surface area contributed by atoms with Crippen LogP contribution >= 0.6 is 11.6 Å². The maximum Gasteiger partial charge on any atom is 0.330 e. The minimum absolute atomic E-state index is 0.160. The topological polar surface area (TPSA) is 109 Å². The molecule has 150 valence electrons. The van der Waals surface area contributed by atoms with Gasteiger partial charge in [-0.15, -0.1) is 0 Å². The molecule has 4 rings (SSSR count). The number of halogens is 1. The van der Waals surface area contributed by atoms with Gasteiger partial charge in [-0.1, -0.05) is 17.7 Å². The SMILES string of the molecule is COC(=O)/C=C/c1nc(-c2cc(Cl)c3ncccc3c2)c(-c2ccn(C)n2)nc1N. The first kappa shape index (κ1) is 19.5. The summed E-state index contributed by atoms with van der Waals surface area (Å²) < 4.78 is 6.30. The highest BCUT2D eigenvalue weighted by atomic mass is 35.5. The van der Waals surface area contributed by atoms with Crippen LogP contribution in [0, 0.1) is 0 Å². The standard InChI is InChI=1S/C21H17ClN6O2/c1-28-9-7-15(27-28)20-19(25-16(21(23)26-20)5-6-17(29)30-2)13-10-12-4-3-8-24-18(12)14(22)11-13/h3-11H,1-2H3,(H2,23,26)/b6-5+. The fraction of sp³-hybridized carbons (Fsp3) is 0.0952. The van der Waals surface area contributed by atoms with Crippen molar-refractivity contribution in [3.05, 3.63) is 59.5 Å². The summed E-state index contributed by atoms with van der Waals surface area (Å²) in [5.74, 6) is -0.362. The average Bonchev–Trinajstić information content (AvgIpc) is 3.18. The molecule has 0 bridgehead atoms. The van der Waals surface area contributed by atoms with Crippen LogP contribution in [0.15, 0.2) is 48.8 Å². The third-order valence-corrected chi connectivity index (χ3v) is 4.71. The molecule has 0 spiro atoms. The third-order valence-electron chi connectivity index (χ3n) is 4.42. The number of hydrogen-bond acceptors (Lipinski definition) is 7. The Morgan fingerprint density at radius 1 is 1.23 bits per heavy atom. The molecule has 0 fully saturated rings. The van der Waals surface area contributed by atoms with Crippen LogP contribution in [0.2, 0.25) is 5.02 Å². The van der Waals surface area contributed by atoms with Crippen LogP contribution < -0.4 is 5.73 Å². The third kappa shape index (κ3) is 3.72. The Morgan fingerprint density at radius 3 is 2.80 bits per heavy atom. The van der Waals surface area contributed by atoms with Crippen LogP contribution in [0.1, 0.15) is 5.69 Å². The van der Waals surface area contributed by atoms with Crippen molar-refractivity contribution in [1.29, 1.82) is 0 Å². The maximum absolute atomic E-state index is 11.5. The van der Waals surface area contributed by atoms with Crippen molar-refractivity contribution in [1.82, 2.24) is 24.7 Å². The smallest absolute Gasteiger partial charge is 0.330 e. The Hall–Kier alpha value is -3.78. The van der Waals surface area contributed by atoms with Gasteiger partial charge >= 0.3 is 5.97 Å². The Labute approximate surface area is 177 Å². The lowest BCUT2D eigenvalue weighted by molar-refractivity contribution is -0.134. The Balaban J connectivity index is 1.96. The molecule has 0 amide bonds. The first-order valence-corrected chi connectivity index (χ1v) is 9.32. The normalized spacial score (nSPS) is 11.3. The van der Waals surface area contributed by atoms with E-state index in [1.165, 1.54) is 19.3 Å². The van der Waals surface area contributed by atoms with Crippen molar-refractivity contribution in [2.24, 2.45) is 7.05 Å². The number of anilines is 1. The fourth-order valence-corrected chi connectivity index (χ4v) is 3.28. The van der Waals surface area contributed by atoms with Gasteiger partial charge in [0.1, 0.15) is 22.9 Å². The molecule has 0 aliphatic heterocycles. The molecule has 3 aromatic heterocycles. The van der Waals surface area contributed by atoms with E-state index < -0.39 is 5.97 Å². The number of aryl methyl sites for hydroxylation is 1. The minimum Gasteiger partial charge on any atom is -0.466 e. The second kappa shape index (κ2) is 7.92. The van der Waals surface area contributed by atoms with E-state index in [1.807, 2.05) is 31.3 Å². The molecule has 4 aromatic rings. The monoisotopic (exact) mass is 420 g/mol. The largest absolute Gasteiger partial charge is 0.466 e. The maximum atomic E-state index is 11.5. The minimum atomic E-state index is -0.522. The molecule has 0 aliphatic carbocycles. The van der Waals surface area contributed by atoms with Crippen LogP contribution in [0.5, 0.6) is 0 Å². The van der Waals surface area contributed by atoms with Crippen LogP contribution in [-0.4, -0.2) is 37.8 Å². The summed E-state index contributed by atoms with van der Waals surface area (Å²) >= 11 is 6.48. The number of aromatic nitrogens is 5. The second-order valence-electron chi connectivity index (χ2n) is 6.46. The van der Waals surface area contributed by atoms with E-state index in [9.17, 15) is 4.79 Å². The van der Waals surface area contributed by atoms with Gasteiger partial charge in [-0.25, -0.2) is 14.8 Å². The van der Waals surface area contributed by atoms with Gasteiger partial charge in [0.25, 0.3) is 0 Å². The molecule has 9 heteroatoms. The Bertz CT molecular complexity index is 1300. The summed E-state index contributed by atoms with van der Waals surface area (Å²) in [7, 11) is 3.11. The molecule has 0 saturated heterocycles. The van der Waals surface area contributed by atoms with Crippen molar-refractivity contribution in [2.45, 2.75) is 0 Å². The quantitative estimate of drug-likeness (QED) is 0.397. The molecular formula is C21H17ClN6O2. The van der Waals surface area contributed by atoms with E-state index in [0.717, 1.165) is 10.9 Å². The van der Waals surface area contributed by atoms with Crippen molar-refractivity contribution in [3.8, 4) is 22.6 Å². The number of nitrogens with zero attached hydrogens (tertiary/aromatic N) is 5. The van der Waals surface area contributed by atoms with E-state index in [0.29, 0.717) is 33.3 Å². The molecule has 0 atom stereocenters. The van der Waals surface area contributed by atoms with Crippen LogP contribution in [0.25, 0.3) is 39.6 Å². The molecule has 0 radical (unpaired) electrons. The van der Waals surface area contributed by atoms with E-state index in [4.69, 9.17) is 17.3 Å². The second-order valence-corrected chi connectivity index (χ2v) is 6.86. The van der Waals surface area contributed by atoms with Gasteiger partial charge in [0.15, 0.2) is 0 Å². The van der Waals surface area contributed by atoms with Gasteiger partial charge in [0.05, 0.1) is 23.3 Å². The zero-order valence-electron chi connectivity index (χ0n) is 16.2. The molecule has 1 aromatic carbocycles. The molecule has 30 heavy (non-hydrogen) atoms. The molecule has 0 saturated carbocycles. The molecule has 2 N–H and O–H groups in total. The van der Waals surface area contributed by atoms with Gasteiger partial charge in [0.2, 0.25) is 0 Å². The van der Waals surface area contributed by atoms with Crippen molar-refractivity contribution in [3.63, 3.8) is 0 Å². The molecular weight excluding hydrogens is 404 g/mol. The summed E-state index contributed by atoms with van der Waals surface area (Å²) in [6.07, 6.45) is 6.19. The molecule has 0 unspecified atom stereocenters. The summed E-state index contributed by atoms with van der Waals surface area (Å²) in [4.78, 5) is 25.0. The number of carbonyl (C=O) groups is 1. The number of esters is 1. The number of nitrogen functional groups attached to an aromatic ring is 1. The average molecular weight is 421 g/mol. The number of benzene rings is 1. The predicted molar refractivity (Wildman–Crippen MR) is 115 cm³/mol. The number of pyridine rings is 1. The van der Waals surface area contributed by atoms with Gasteiger partial charge in [-0.2, -0.15) is 5.10 Å². The molecule has 8 nitrogen and oxygen atoms in total. The lowest BCUT2D eigenvalue weighted by Crippen LogP contribution is -2.04. The number of carbonyl (C=O) groups excluding carboxylic acids is 1. The van der Waals surface area contributed by atoms with Crippen molar-refractivity contribution >= 4 is 40.4 Å². The zero-order valence-corrected chi connectivity index (χ0v) is 17.0. The highest BCUT2D eigenvalue weighted by molar-refractivity contribution is 6.35. The molecule has 0 aliphatic rings. The lowest BCUT2D eigenvalue weighted by Gasteiger charge is -2.11. The number of hydrogen-bond donors (Lipinski definition) is 1. The summed E-state index contributed by atoms with van der Waals surface area (Å²) in [5, 5.41) is 5.78. The van der Waals surface area contributed by atoms with Gasteiger partial charge in [-0.05, 0) is 30.3 Å². The summed E-state index contributed by atoms with van der Waals surface area (Å²) in [6, 6.07) is 9.27. The molecule has 3 heterocycles. The number of methoxy groups -OCH3 is 1. The van der Waals surface area contributed by atoms with E-state index in [2.05, 4.69) is 24.8 Å². The van der Waals surface area contributed by atoms with Gasteiger partial charge < -0.3 is 10.5 Å². The summed E-state index contributed by atoms with van der Waals surface area (Å²) in [5.41, 5.74) is 9.50. The first-order valence-electron chi connectivity index (χ1n) is 8.94. The lowest BCUT2D eigenvalue weighted by atomic mass is 10.0. The van der Waals surface area contributed by atoms with Crippen molar-refractivity contribution < 1.29 is 9.53 Å². The van der Waals surface area contributed by atoms with E-state index in [-0.39, 0.29) is 5.82 Å². The van der Waals surface area contributed by atoms with Crippen LogP contribution in [-0.2, 0) is 16.6 Å². The highest BCUT2D eigenvalue weighted by Gasteiger charge is 2.18. The zero-order chi connectivity index (χ0) is 21.3. The van der Waals surface area contributed by atoms with E-state index in [1.54, 1.807) is 23.1 Å². The van der Waals surface area contributed by atoms with Gasteiger partial charge in [-0.3, -0.25) is 9.67 Å². The number of rotatable bonds is 4. The van der Waals surface area contributed by atoms with Crippen LogP contribution in [0.3, 0.4) is 0 Å². The Morgan fingerprint density at radius 2 is 2.07 bits per heavy atom. The Kier molecular flexibility index (Phi) is 5.16. The predicted octanol–water partition coefficient (Wildman–Crippen LogP) is 3.51. The number of fused-ring (bicyclic) bond motifs is 1. The highest BCUT2D eigenvalue weighted by Crippen LogP contribution is 2.34. The van der Waals surface area contributed by atoms with Crippen molar-refractivity contribution in [2.75, 3.05) is 12.8 Å². The van der Waals surface area contributed by atoms with E-state index >= 15 is 0 Å². The number of nitrogens with two attached hydrogens (primary N) is 1.